The Morgan fingerprint density at radius 1 is 1.00 bits per heavy atom. The highest BCUT2D eigenvalue weighted by molar-refractivity contribution is 7.88. The predicted octanol–water partition coefficient (Wildman–Crippen LogP) is 6.07. The van der Waals surface area contributed by atoms with Crippen LogP contribution in [0.3, 0.4) is 0 Å². The standard InChI is InChI=1S/C25H22Cl2N2O4S/c26-21-7-3-8-22(27)20(21)15-34(31,32)29-12-4-5-16(14-29)25(30)28-17-10-11-19-18-6-1-2-9-23(18)33-24(19)13-17/h1-3,6-11,13,16H,4-5,12,14-15H2,(H,28,30)/t16-/m0/s1. The maximum atomic E-state index is 13.1. The molecule has 1 amide bonds. The summed E-state index contributed by atoms with van der Waals surface area (Å²) in [6, 6.07) is 18.2. The molecule has 9 heteroatoms. The van der Waals surface area contributed by atoms with E-state index in [9.17, 15) is 13.2 Å². The maximum Gasteiger partial charge on any atom is 0.228 e. The molecule has 6 nitrogen and oxygen atoms in total. The average molecular weight is 517 g/mol. The van der Waals surface area contributed by atoms with Gasteiger partial charge in [0.05, 0.1) is 11.7 Å². The summed E-state index contributed by atoms with van der Waals surface area (Å²) in [5.74, 6) is -0.981. The van der Waals surface area contributed by atoms with Crippen LogP contribution in [-0.2, 0) is 20.6 Å². The molecular weight excluding hydrogens is 495 g/mol. The molecule has 1 N–H and O–H groups in total. The fraction of sp³-hybridized carbons (Fsp3) is 0.240. The predicted molar refractivity (Wildman–Crippen MR) is 136 cm³/mol. The van der Waals surface area contributed by atoms with E-state index in [2.05, 4.69) is 5.32 Å². The van der Waals surface area contributed by atoms with Gasteiger partial charge in [0, 0.05) is 51.2 Å². The lowest BCUT2D eigenvalue weighted by molar-refractivity contribution is -0.120. The Balaban J connectivity index is 1.30. The number of carbonyl (C=O) groups excluding carboxylic acids is 1. The maximum absolute atomic E-state index is 13.1. The quantitative estimate of drug-likeness (QED) is 0.348. The van der Waals surface area contributed by atoms with Gasteiger partial charge < -0.3 is 9.73 Å². The molecule has 1 aromatic heterocycles. The molecule has 5 rings (SSSR count). The monoisotopic (exact) mass is 516 g/mol. The zero-order chi connectivity index (χ0) is 23.9. The number of furan rings is 1. The number of piperidine rings is 1. The van der Waals surface area contributed by atoms with Crippen molar-refractivity contribution in [1.29, 1.82) is 0 Å². The van der Waals surface area contributed by atoms with Gasteiger partial charge in [-0.2, -0.15) is 0 Å². The molecular formula is C25H22Cl2N2O4S. The number of sulfonamides is 1. The van der Waals surface area contributed by atoms with Gasteiger partial charge in [0.1, 0.15) is 11.2 Å². The number of carbonyl (C=O) groups is 1. The number of amides is 1. The van der Waals surface area contributed by atoms with Crippen molar-refractivity contribution >= 4 is 66.8 Å². The summed E-state index contributed by atoms with van der Waals surface area (Å²) in [5, 5.41) is 5.53. The van der Waals surface area contributed by atoms with Crippen LogP contribution in [-0.4, -0.2) is 31.7 Å². The third-order valence-electron chi connectivity index (χ3n) is 6.18. The molecule has 1 saturated heterocycles. The minimum Gasteiger partial charge on any atom is -0.456 e. The largest absolute Gasteiger partial charge is 0.456 e. The van der Waals surface area contributed by atoms with Gasteiger partial charge in [-0.25, -0.2) is 12.7 Å². The molecule has 1 atom stereocenters. The van der Waals surface area contributed by atoms with E-state index < -0.39 is 15.9 Å². The van der Waals surface area contributed by atoms with Crippen molar-refractivity contribution in [2.24, 2.45) is 5.92 Å². The number of benzene rings is 3. The third kappa shape index (κ3) is 4.53. The van der Waals surface area contributed by atoms with E-state index in [0.717, 1.165) is 16.4 Å². The highest BCUT2D eigenvalue weighted by atomic mass is 35.5. The van der Waals surface area contributed by atoms with Gasteiger partial charge in [-0.1, -0.05) is 47.5 Å². The summed E-state index contributed by atoms with van der Waals surface area (Å²) in [6.07, 6.45) is 1.20. The van der Waals surface area contributed by atoms with Crippen LogP contribution in [0.15, 0.2) is 65.1 Å². The lowest BCUT2D eigenvalue weighted by Crippen LogP contribution is -2.44. The number of rotatable bonds is 5. The van der Waals surface area contributed by atoms with Gasteiger partial charge in [-0.3, -0.25) is 4.79 Å². The summed E-state index contributed by atoms with van der Waals surface area (Å²) in [4.78, 5) is 13.0. The molecule has 34 heavy (non-hydrogen) atoms. The SMILES string of the molecule is O=C(Nc1ccc2c(c1)oc1ccccc12)[C@H]1CCCN(S(=O)(=O)Cc2c(Cl)cccc2Cl)C1. The van der Waals surface area contributed by atoms with Gasteiger partial charge in [-0.05, 0) is 43.2 Å². The minimum atomic E-state index is -3.69. The number of anilines is 1. The molecule has 0 saturated carbocycles. The first kappa shape index (κ1) is 23.2. The Labute approximate surface area is 207 Å². The van der Waals surface area contributed by atoms with E-state index >= 15 is 0 Å². The first-order valence-electron chi connectivity index (χ1n) is 10.9. The summed E-state index contributed by atoms with van der Waals surface area (Å²) in [5.41, 5.74) is 2.45. The van der Waals surface area contributed by atoms with Crippen LogP contribution in [0.1, 0.15) is 18.4 Å². The highest BCUT2D eigenvalue weighted by Crippen LogP contribution is 2.32. The summed E-state index contributed by atoms with van der Waals surface area (Å²) in [7, 11) is -3.69. The Morgan fingerprint density at radius 3 is 2.53 bits per heavy atom. The lowest BCUT2D eigenvalue weighted by atomic mass is 9.98. The fourth-order valence-electron chi connectivity index (χ4n) is 4.40. The zero-order valence-electron chi connectivity index (χ0n) is 18.1. The van der Waals surface area contributed by atoms with E-state index in [-0.39, 0.29) is 18.2 Å². The number of nitrogens with zero attached hydrogens (tertiary/aromatic N) is 1. The number of hydrogen-bond donors (Lipinski definition) is 1. The van der Waals surface area contributed by atoms with Crippen molar-refractivity contribution in [3.8, 4) is 0 Å². The van der Waals surface area contributed by atoms with E-state index in [1.54, 1.807) is 24.3 Å². The van der Waals surface area contributed by atoms with Gasteiger partial charge >= 0.3 is 0 Å². The molecule has 0 radical (unpaired) electrons. The van der Waals surface area contributed by atoms with Gasteiger partial charge in [0.25, 0.3) is 0 Å². The molecule has 0 bridgehead atoms. The molecule has 2 heterocycles. The number of para-hydroxylation sites is 1. The van der Waals surface area contributed by atoms with Crippen LogP contribution < -0.4 is 5.32 Å². The van der Waals surface area contributed by atoms with E-state index in [1.165, 1.54) is 4.31 Å². The van der Waals surface area contributed by atoms with Gasteiger partial charge in [-0.15, -0.1) is 0 Å². The second-order valence-electron chi connectivity index (χ2n) is 8.45. The van der Waals surface area contributed by atoms with Crippen molar-refractivity contribution in [2.75, 3.05) is 18.4 Å². The lowest BCUT2D eigenvalue weighted by Gasteiger charge is -2.31. The minimum absolute atomic E-state index is 0.114. The van der Waals surface area contributed by atoms with Crippen LogP contribution in [0, 0.1) is 5.92 Å². The molecule has 1 aliphatic rings. The van der Waals surface area contributed by atoms with Crippen molar-refractivity contribution in [3.05, 3.63) is 76.3 Å². The summed E-state index contributed by atoms with van der Waals surface area (Å²) in [6.45, 7) is 0.474. The van der Waals surface area contributed by atoms with E-state index in [4.69, 9.17) is 27.6 Å². The Bertz CT molecular complexity index is 1480. The molecule has 3 aromatic carbocycles. The molecule has 0 spiro atoms. The molecule has 176 valence electrons. The fourth-order valence-corrected chi connectivity index (χ4v) is 6.76. The number of halogens is 2. The van der Waals surface area contributed by atoms with E-state index in [1.807, 2.05) is 36.4 Å². The Kier molecular flexibility index (Phi) is 6.29. The zero-order valence-corrected chi connectivity index (χ0v) is 20.5. The molecule has 4 aromatic rings. The second kappa shape index (κ2) is 9.23. The normalized spacial score (nSPS) is 17.3. The number of nitrogens with one attached hydrogen (secondary N) is 1. The average Bonchev–Trinajstić information content (AvgIpc) is 3.19. The molecule has 1 fully saturated rings. The van der Waals surface area contributed by atoms with Crippen molar-refractivity contribution in [2.45, 2.75) is 18.6 Å². The highest BCUT2D eigenvalue weighted by Gasteiger charge is 2.33. The summed E-state index contributed by atoms with van der Waals surface area (Å²) >= 11 is 12.3. The van der Waals surface area contributed by atoms with Crippen molar-refractivity contribution in [1.82, 2.24) is 4.31 Å². The van der Waals surface area contributed by atoms with Gasteiger partial charge in [0.2, 0.25) is 15.9 Å². The number of hydrogen-bond acceptors (Lipinski definition) is 4. The second-order valence-corrected chi connectivity index (χ2v) is 11.2. The topological polar surface area (TPSA) is 79.6 Å². The first-order valence-corrected chi connectivity index (χ1v) is 13.3. The van der Waals surface area contributed by atoms with Crippen molar-refractivity contribution in [3.63, 3.8) is 0 Å². The van der Waals surface area contributed by atoms with E-state index in [0.29, 0.717) is 46.3 Å². The molecule has 0 aliphatic carbocycles. The molecule has 0 unspecified atom stereocenters. The van der Waals surface area contributed by atoms with Crippen LogP contribution >= 0.6 is 23.2 Å². The number of fused-ring (bicyclic) bond motifs is 3. The third-order valence-corrected chi connectivity index (χ3v) is 8.66. The summed E-state index contributed by atoms with van der Waals surface area (Å²) < 4.78 is 33.4. The van der Waals surface area contributed by atoms with Crippen LogP contribution in [0.25, 0.3) is 21.9 Å². The Morgan fingerprint density at radius 2 is 1.74 bits per heavy atom. The smallest absolute Gasteiger partial charge is 0.228 e. The van der Waals surface area contributed by atoms with Crippen LogP contribution in [0.4, 0.5) is 5.69 Å². The van der Waals surface area contributed by atoms with Crippen LogP contribution in [0.5, 0.6) is 0 Å². The molecule has 1 aliphatic heterocycles. The van der Waals surface area contributed by atoms with Crippen LogP contribution in [0.2, 0.25) is 10.0 Å². The Hall–Kier alpha value is -2.58. The first-order chi connectivity index (χ1) is 16.3. The van der Waals surface area contributed by atoms with Gasteiger partial charge in [0.15, 0.2) is 0 Å². The van der Waals surface area contributed by atoms with Crippen molar-refractivity contribution < 1.29 is 17.6 Å².